The molecular formula is C71H137NO5. The molecule has 0 aromatic carbocycles. The van der Waals surface area contributed by atoms with E-state index in [1.165, 1.54) is 327 Å². The summed E-state index contributed by atoms with van der Waals surface area (Å²) in [5.41, 5.74) is 0. The monoisotopic (exact) mass is 1080 g/mol. The Balaban J connectivity index is 3.35. The highest BCUT2D eigenvalue weighted by atomic mass is 16.5. The molecule has 0 bridgehead atoms. The van der Waals surface area contributed by atoms with Crippen LogP contribution in [0, 0.1) is 0 Å². The minimum atomic E-state index is -0.842. The summed E-state index contributed by atoms with van der Waals surface area (Å²) in [6.07, 6.45) is 84.1. The Kier molecular flexibility index (Phi) is 65.4. The van der Waals surface area contributed by atoms with Crippen molar-refractivity contribution in [1.29, 1.82) is 0 Å². The molecule has 0 aromatic heterocycles. The second kappa shape index (κ2) is 66.8. The lowest BCUT2D eigenvalue weighted by Gasteiger charge is -2.20. The first-order chi connectivity index (χ1) is 38.0. The number of esters is 1. The second-order valence-electron chi connectivity index (χ2n) is 24.2. The molecule has 2 atom stereocenters. The molecule has 0 heterocycles. The van der Waals surface area contributed by atoms with Crippen molar-refractivity contribution in [2.75, 3.05) is 13.2 Å². The van der Waals surface area contributed by atoms with E-state index in [2.05, 4.69) is 31.3 Å². The molecule has 0 fully saturated rings. The number of carbonyl (C=O) groups excluding carboxylic acids is 2. The summed E-state index contributed by atoms with van der Waals surface area (Å²) >= 11 is 0. The maximum Gasteiger partial charge on any atom is 0.305 e. The molecule has 0 rings (SSSR count). The molecule has 6 heteroatoms. The van der Waals surface area contributed by atoms with Gasteiger partial charge in [0.2, 0.25) is 5.91 Å². The van der Waals surface area contributed by atoms with Gasteiger partial charge in [0.1, 0.15) is 0 Å². The SMILES string of the molecule is CCCCCCCCCCCCC/C=C/C(O)C(CO)NC(=O)CCCCCCCCCCCCCCCCC/C=C\CCCCCCCCCCCCCCOC(=O)CCCCCCCCCCCCCCCCCC. The van der Waals surface area contributed by atoms with Gasteiger partial charge in [0.25, 0.3) is 0 Å². The first-order valence-corrected chi connectivity index (χ1v) is 35.1. The van der Waals surface area contributed by atoms with Crippen LogP contribution in [-0.4, -0.2) is 47.4 Å². The van der Waals surface area contributed by atoms with Crippen molar-refractivity contribution in [3.05, 3.63) is 24.3 Å². The van der Waals surface area contributed by atoms with Gasteiger partial charge in [-0.1, -0.05) is 346 Å². The molecule has 0 aliphatic carbocycles. The number of hydrogen-bond acceptors (Lipinski definition) is 5. The van der Waals surface area contributed by atoms with Gasteiger partial charge in [0.15, 0.2) is 0 Å². The van der Waals surface area contributed by atoms with E-state index in [1.807, 2.05) is 6.08 Å². The third-order valence-electron chi connectivity index (χ3n) is 16.5. The number of aliphatic hydroxyl groups excluding tert-OH is 2. The number of rotatable bonds is 66. The van der Waals surface area contributed by atoms with Crippen LogP contribution in [0.25, 0.3) is 0 Å². The van der Waals surface area contributed by atoms with E-state index in [9.17, 15) is 19.8 Å². The number of aliphatic hydroxyl groups is 2. The fraction of sp³-hybridized carbons (Fsp3) is 0.915. The van der Waals surface area contributed by atoms with E-state index in [0.29, 0.717) is 19.4 Å². The average molecular weight is 1080 g/mol. The third kappa shape index (κ3) is 63.4. The Labute approximate surface area is 481 Å². The van der Waals surface area contributed by atoms with Crippen LogP contribution in [0.5, 0.6) is 0 Å². The van der Waals surface area contributed by atoms with Gasteiger partial charge in [-0.25, -0.2) is 0 Å². The van der Waals surface area contributed by atoms with Crippen LogP contribution >= 0.6 is 0 Å². The largest absolute Gasteiger partial charge is 0.466 e. The zero-order valence-electron chi connectivity index (χ0n) is 52.2. The van der Waals surface area contributed by atoms with E-state index in [4.69, 9.17) is 4.74 Å². The molecule has 0 radical (unpaired) electrons. The molecule has 77 heavy (non-hydrogen) atoms. The molecule has 0 aliphatic rings. The predicted molar refractivity (Wildman–Crippen MR) is 338 cm³/mol. The summed E-state index contributed by atoms with van der Waals surface area (Å²) < 4.78 is 5.50. The number of unbranched alkanes of at least 4 members (excludes halogenated alkanes) is 53. The molecule has 1 amide bonds. The lowest BCUT2D eigenvalue weighted by molar-refractivity contribution is -0.143. The fourth-order valence-electron chi connectivity index (χ4n) is 11.1. The molecule has 0 saturated carbocycles. The number of amides is 1. The van der Waals surface area contributed by atoms with Crippen LogP contribution < -0.4 is 5.32 Å². The van der Waals surface area contributed by atoms with E-state index in [1.54, 1.807) is 6.08 Å². The number of allylic oxidation sites excluding steroid dienone is 3. The fourth-order valence-corrected chi connectivity index (χ4v) is 11.1. The molecule has 0 saturated heterocycles. The quantitative estimate of drug-likeness (QED) is 0.0320. The summed E-state index contributed by atoms with van der Waals surface area (Å²) in [6.45, 7) is 4.93. The van der Waals surface area contributed by atoms with Crippen molar-refractivity contribution >= 4 is 11.9 Å². The lowest BCUT2D eigenvalue weighted by atomic mass is 10.0. The van der Waals surface area contributed by atoms with E-state index in [-0.39, 0.29) is 18.5 Å². The topological polar surface area (TPSA) is 95.9 Å². The second-order valence-corrected chi connectivity index (χ2v) is 24.2. The van der Waals surface area contributed by atoms with Gasteiger partial charge in [-0.05, 0) is 57.8 Å². The van der Waals surface area contributed by atoms with Crippen molar-refractivity contribution in [3.8, 4) is 0 Å². The summed E-state index contributed by atoms with van der Waals surface area (Å²) in [4.78, 5) is 24.5. The van der Waals surface area contributed by atoms with Gasteiger partial charge >= 0.3 is 5.97 Å². The maximum atomic E-state index is 12.5. The molecule has 2 unspecified atom stereocenters. The zero-order valence-corrected chi connectivity index (χ0v) is 52.2. The summed E-state index contributed by atoms with van der Waals surface area (Å²) in [6, 6.07) is -0.625. The maximum absolute atomic E-state index is 12.5. The van der Waals surface area contributed by atoms with Crippen molar-refractivity contribution in [2.45, 2.75) is 405 Å². The average Bonchev–Trinajstić information content (AvgIpc) is 3.43. The molecule has 0 spiro atoms. The molecule has 0 aliphatic heterocycles. The van der Waals surface area contributed by atoms with E-state index < -0.39 is 12.1 Å². The normalized spacial score (nSPS) is 12.6. The highest BCUT2D eigenvalue weighted by Gasteiger charge is 2.18. The smallest absolute Gasteiger partial charge is 0.305 e. The summed E-state index contributed by atoms with van der Waals surface area (Å²) in [5, 5.41) is 23.1. The molecule has 0 aromatic rings. The van der Waals surface area contributed by atoms with Gasteiger partial charge in [0.05, 0.1) is 25.4 Å². The van der Waals surface area contributed by atoms with E-state index >= 15 is 0 Å². The Morgan fingerprint density at radius 3 is 0.922 bits per heavy atom. The Hall–Kier alpha value is -1.66. The highest BCUT2D eigenvalue weighted by Crippen LogP contribution is 2.19. The Morgan fingerprint density at radius 1 is 0.351 bits per heavy atom. The lowest BCUT2D eigenvalue weighted by Crippen LogP contribution is -2.45. The van der Waals surface area contributed by atoms with Gasteiger partial charge < -0.3 is 20.3 Å². The van der Waals surface area contributed by atoms with Crippen LogP contribution in [0.3, 0.4) is 0 Å². The number of hydrogen-bond donors (Lipinski definition) is 3. The molecule has 3 N–H and O–H groups in total. The van der Waals surface area contributed by atoms with Crippen LogP contribution in [-0.2, 0) is 14.3 Å². The number of ether oxygens (including phenoxy) is 1. The van der Waals surface area contributed by atoms with Crippen LogP contribution in [0.1, 0.15) is 393 Å². The Bertz CT molecular complexity index is 1200. The van der Waals surface area contributed by atoms with Gasteiger partial charge in [-0.2, -0.15) is 0 Å². The summed E-state index contributed by atoms with van der Waals surface area (Å²) in [5.74, 6) is -0.0429. The van der Waals surface area contributed by atoms with Crippen LogP contribution in [0.4, 0.5) is 0 Å². The van der Waals surface area contributed by atoms with Crippen molar-refractivity contribution in [3.63, 3.8) is 0 Å². The predicted octanol–water partition coefficient (Wildman–Crippen LogP) is 22.5. The van der Waals surface area contributed by atoms with E-state index in [0.717, 1.165) is 38.5 Å². The number of carbonyl (C=O) groups is 2. The minimum Gasteiger partial charge on any atom is -0.466 e. The molecule has 456 valence electrons. The third-order valence-corrected chi connectivity index (χ3v) is 16.5. The highest BCUT2D eigenvalue weighted by molar-refractivity contribution is 5.76. The minimum absolute atomic E-state index is 0.0214. The van der Waals surface area contributed by atoms with Crippen molar-refractivity contribution in [1.82, 2.24) is 5.32 Å². The van der Waals surface area contributed by atoms with Crippen molar-refractivity contribution in [2.24, 2.45) is 0 Å². The van der Waals surface area contributed by atoms with Crippen molar-refractivity contribution < 1.29 is 24.5 Å². The first kappa shape index (κ1) is 75.3. The van der Waals surface area contributed by atoms with Crippen LogP contribution in [0.15, 0.2) is 24.3 Å². The number of nitrogens with one attached hydrogen (secondary N) is 1. The van der Waals surface area contributed by atoms with Gasteiger partial charge in [-0.3, -0.25) is 9.59 Å². The zero-order chi connectivity index (χ0) is 55.7. The first-order valence-electron chi connectivity index (χ1n) is 35.1. The molecule has 6 nitrogen and oxygen atoms in total. The standard InChI is InChI=1S/C71H137NO5/c1-3-5-7-9-11-13-15-17-18-37-41-45-49-53-57-61-65-71(76)77-66-62-58-54-50-46-42-38-35-33-31-29-27-25-23-21-19-20-22-24-26-28-30-32-34-36-40-44-48-52-56-60-64-70(75)72-68(67-73)69(74)63-59-55-51-47-43-39-16-14-12-10-8-6-4-2/h21,23,59,63,68-69,73-74H,3-20,22,24-58,60-62,64-67H2,1-2H3,(H,72,75)/b23-21-,63-59+. The van der Waals surface area contributed by atoms with Gasteiger partial charge in [0, 0.05) is 12.8 Å². The Morgan fingerprint density at radius 2 is 0.610 bits per heavy atom. The van der Waals surface area contributed by atoms with Gasteiger partial charge in [-0.15, -0.1) is 0 Å². The molecular weight excluding hydrogens is 947 g/mol. The van der Waals surface area contributed by atoms with Crippen LogP contribution in [0.2, 0.25) is 0 Å². The summed E-state index contributed by atoms with van der Waals surface area (Å²) in [7, 11) is 0.